The molecule has 1 N–H and O–H groups in total. The summed E-state index contributed by atoms with van der Waals surface area (Å²) in [6, 6.07) is 6.91. The highest BCUT2D eigenvalue weighted by Crippen LogP contribution is 2.37. The third-order valence-electron chi connectivity index (χ3n) is 7.81. The van der Waals surface area contributed by atoms with E-state index in [0.717, 1.165) is 24.4 Å². The van der Waals surface area contributed by atoms with Crippen LogP contribution in [0.15, 0.2) is 61.2 Å². The predicted molar refractivity (Wildman–Crippen MR) is 149 cm³/mol. The minimum Gasteiger partial charge on any atom is -0.370 e. The highest BCUT2D eigenvalue weighted by molar-refractivity contribution is 5.98. The molecule has 0 aliphatic carbocycles. The Labute approximate surface area is 210 Å². The molecule has 4 heteroatoms. The van der Waals surface area contributed by atoms with Crippen molar-refractivity contribution in [1.29, 1.82) is 0 Å². The molecule has 1 saturated heterocycles. The first-order valence-electron chi connectivity index (χ1n) is 13.1. The van der Waals surface area contributed by atoms with Crippen molar-refractivity contribution in [1.82, 2.24) is 14.9 Å². The SMILES string of the molecule is C=C1C=C(c2c[nH]c3ncc(N4CCCCCCC4)c(C)c23)C=CN1C(C)c1cc(C)ccc1C. The Morgan fingerprint density at radius 2 is 1.77 bits per heavy atom. The van der Waals surface area contributed by atoms with E-state index in [9.17, 15) is 0 Å². The van der Waals surface area contributed by atoms with Gasteiger partial charge in [0.15, 0.2) is 0 Å². The molecule has 4 nitrogen and oxygen atoms in total. The number of anilines is 1. The third kappa shape index (κ3) is 4.54. The van der Waals surface area contributed by atoms with E-state index in [2.05, 4.69) is 98.0 Å². The number of fused-ring (bicyclic) bond motifs is 1. The number of aromatic amines is 1. The summed E-state index contributed by atoms with van der Waals surface area (Å²) in [5.74, 6) is 0. The van der Waals surface area contributed by atoms with Crippen LogP contribution >= 0.6 is 0 Å². The highest BCUT2D eigenvalue weighted by atomic mass is 15.1. The number of nitrogens with zero attached hydrogens (tertiary/aromatic N) is 3. The van der Waals surface area contributed by atoms with Gasteiger partial charge in [-0.05, 0) is 75.0 Å². The smallest absolute Gasteiger partial charge is 0.138 e. The van der Waals surface area contributed by atoms with Crippen LogP contribution in [0.5, 0.6) is 0 Å². The largest absolute Gasteiger partial charge is 0.370 e. The minimum absolute atomic E-state index is 0.224. The lowest BCUT2D eigenvalue weighted by atomic mass is 9.96. The lowest BCUT2D eigenvalue weighted by molar-refractivity contribution is 0.379. The molecular weight excluding hydrogens is 428 g/mol. The molecule has 3 aromatic rings. The van der Waals surface area contributed by atoms with Crippen LogP contribution in [0.3, 0.4) is 0 Å². The predicted octanol–water partition coefficient (Wildman–Crippen LogP) is 7.75. The molecule has 5 rings (SSSR count). The molecule has 0 saturated carbocycles. The zero-order valence-corrected chi connectivity index (χ0v) is 21.7. The van der Waals surface area contributed by atoms with E-state index in [1.165, 1.54) is 76.6 Å². The number of rotatable bonds is 4. The van der Waals surface area contributed by atoms with Gasteiger partial charge in [-0.2, -0.15) is 0 Å². The van der Waals surface area contributed by atoms with Crippen LogP contribution in [0.1, 0.15) is 72.9 Å². The summed E-state index contributed by atoms with van der Waals surface area (Å²) in [7, 11) is 0. The summed E-state index contributed by atoms with van der Waals surface area (Å²) in [5, 5.41) is 1.23. The van der Waals surface area contributed by atoms with Gasteiger partial charge in [0.25, 0.3) is 0 Å². The van der Waals surface area contributed by atoms with Crippen molar-refractivity contribution in [3.8, 4) is 0 Å². The third-order valence-corrected chi connectivity index (χ3v) is 7.81. The Bertz CT molecular complexity index is 1300. The molecule has 0 amide bonds. The molecule has 4 heterocycles. The van der Waals surface area contributed by atoms with Gasteiger partial charge in [-0.25, -0.2) is 4.98 Å². The number of aryl methyl sites for hydroxylation is 3. The second-order valence-corrected chi connectivity index (χ2v) is 10.3. The van der Waals surface area contributed by atoms with Crippen molar-refractivity contribution in [2.24, 2.45) is 0 Å². The normalized spacial score (nSPS) is 17.9. The molecule has 2 aliphatic rings. The molecule has 182 valence electrons. The maximum atomic E-state index is 4.83. The van der Waals surface area contributed by atoms with Crippen molar-refractivity contribution >= 4 is 22.3 Å². The molecule has 1 atom stereocenters. The van der Waals surface area contributed by atoms with E-state index in [4.69, 9.17) is 4.98 Å². The van der Waals surface area contributed by atoms with Crippen LogP contribution < -0.4 is 4.90 Å². The van der Waals surface area contributed by atoms with Gasteiger partial charge in [-0.15, -0.1) is 0 Å². The van der Waals surface area contributed by atoms with Crippen molar-refractivity contribution in [2.45, 2.75) is 65.8 Å². The molecule has 0 radical (unpaired) electrons. The quantitative estimate of drug-likeness (QED) is 0.427. The topological polar surface area (TPSA) is 35.2 Å². The summed E-state index contributed by atoms with van der Waals surface area (Å²) < 4.78 is 0. The van der Waals surface area contributed by atoms with Gasteiger partial charge in [-0.3, -0.25) is 0 Å². The van der Waals surface area contributed by atoms with Crippen LogP contribution in [0.4, 0.5) is 5.69 Å². The van der Waals surface area contributed by atoms with Gasteiger partial charge in [-0.1, -0.05) is 49.6 Å². The Kier molecular flexibility index (Phi) is 6.55. The first kappa shape index (κ1) is 23.5. The minimum atomic E-state index is 0.224. The average molecular weight is 467 g/mol. The summed E-state index contributed by atoms with van der Waals surface area (Å²) in [5.41, 5.74) is 10.9. The first-order chi connectivity index (χ1) is 16.9. The van der Waals surface area contributed by atoms with Crippen LogP contribution in [0.25, 0.3) is 16.6 Å². The molecule has 2 aliphatic heterocycles. The van der Waals surface area contributed by atoms with E-state index in [1.807, 2.05) is 0 Å². The second-order valence-electron chi connectivity index (χ2n) is 10.3. The van der Waals surface area contributed by atoms with Crippen molar-refractivity contribution in [3.63, 3.8) is 0 Å². The van der Waals surface area contributed by atoms with Crippen LogP contribution in [0.2, 0.25) is 0 Å². The van der Waals surface area contributed by atoms with E-state index in [-0.39, 0.29) is 6.04 Å². The van der Waals surface area contributed by atoms with Gasteiger partial charge in [0, 0.05) is 42.1 Å². The summed E-state index contributed by atoms with van der Waals surface area (Å²) >= 11 is 0. The number of hydrogen-bond acceptors (Lipinski definition) is 3. The van der Waals surface area contributed by atoms with E-state index >= 15 is 0 Å². The fourth-order valence-electron chi connectivity index (χ4n) is 5.74. The molecular formula is C31H38N4. The number of benzene rings is 1. The lowest BCUT2D eigenvalue weighted by Gasteiger charge is -2.32. The molecule has 2 aromatic heterocycles. The molecule has 1 fully saturated rings. The highest BCUT2D eigenvalue weighted by Gasteiger charge is 2.22. The van der Waals surface area contributed by atoms with Gasteiger partial charge in [0.2, 0.25) is 0 Å². The summed E-state index contributed by atoms with van der Waals surface area (Å²) in [6.45, 7) is 15.5. The van der Waals surface area contributed by atoms with Gasteiger partial charge in [0.1, 0.15) is 5.65 Å². The standard InChI is InChI=1S/C31H38N4/c1-21-11-12-22(2)27(17-21)25(5)35-16-13-26(18-23(35)3)28-19-32-31-30(28)24(4)29(20-33-31)34-14-9-7-6-8-10-15-34/h11-13,16-20,25H,3,6-10,14-15H2,1-2,4-5H3,(H,32,33). The number of pyridine rings is 1. The molecule has 0 spiro atoms. The summed E-state index contributed by atoms with van der Waals surface area (Å²) in [6.07, 6.45) is 17.4. The van der Waals surface area contributed by atoms with Gasteiger partial charge in [0.05, 0.1) is 17.9 Å². The Morgan fingerprint density at radius 3 is 2.51 bits per heavy atom. The molecule has 1 aromatic carbocycles. The van der Waals surface area contributed by atoms with Gasteiger partial charge >= 0.3 is 0 Å². The number of hydrogen-bond donors (Lipinski definition) is 1. The summed E-state index contributed by atoms with van der Waals surface area (Å²) in [4.78, 5) is 13.1. The van der Waals surface area contributed by atoms with Crippen LogP contribution in [-0.4, -0.2) is 28.0 Å². The fraction of sp³-hybridized carbons (Fsp3) is 0.387. The van der Waals surface area contributed by atoms with E-state index < -0.39 is 0 Å². The fourth-order valence-corrected chi connectivity index (χ4v) is 5.74. The van der Waals surface area contributed by atoms with Crippen LogP contribution in [-0.2, 0) is 0 Å². The van der Waals surface area contributed by atoms with Crippen molar-refractivity contribution in [2.75, 3.05) is 18.0 Å². The second kappa shape index (κ2) is 9.77. The molecule has 0 bridgehead atoms. The molecule has 1 unspecified atom stereocenters. The Morgan fingerprint density at radius 1 is 1.03 bits per heavy atom. The number of nitrogens with one attached hydrogen (secondary N) is 1. The van der Waals surface area contributed by atoms with E-state index in [0.29, 0.717) is 0 Å². The average Bonchev–Trinajstić information content (AvgIpc) is 3.26. The maximum absolute atomic E-state index is 4.83. The van der Waals surface area contributed by atoms with Crippen LogP contribution in [0, 0.1) is 20.8 Å². The lowest BCUT2D eigenvalue weighted by Crippen LogP contribution is -2.27. The maximum Gasteiger partial charge on any atom is 0.138 e. The zero-order valence-electron chi connectivity index (χ0n) is 21.7. The number of allylic oxidation sites excluding steroid dienone is 3. The number of aromatic nitrogens is 2. The number of H-pyrrole nitrogens is 1. The van der Waals surface area contributed by atoms with Gasteiger partial charge < -0.3 is 14.8 Å². The molecule has 35 heavy (non-hydrogen) atoms. The van der Waals surface area contributed by atoms with Crippen molar-refractivity contribution < 1.29 is 0 Å². The Hall–Kier alpha value is -3.27. The first-order valence-corrected chi connectivity index (χ1v) is 13.1. The van der Waals surface area contributed by atoms with Crippen molar-refractivity contribution in [3.05, 3.63) is 89.0 Å². The van der Waals surface area contributed by atoms with E-state index in [1.54, 1.807) is 0 Å². The Balaban J connectivity index is 1.45. The zero-order chi connectivity index (χ0) is 24.5. The monoisotopic (exact) mass is 466 g/mol.